The zero-order valence-electron chi connectivity index (χ0n) is 8.02. The molecule has 0 spiro atoms. The first kappa shape index (κ1) is 12.0. The van der Waals surface area contributed by atoms with Crippen molar-refractivity contribution < 1.29 is 22.0 Å². The molecule has 0 aromatic heterocycles. The first-order chi connectivity index (χ1) is 6.68. The molecular formula is C7H10F5N3. The van der Waals surface area contributed by atoms with Gasteiger partial charge < -0.3 is 4.90 Å². The smallest absolute Gasteiger partial charge is 0.332 e. The maximum absolute atomic E-state index is 12.9. The van der Waals surface area contributed by atoms with Crippen LogP contribution in [0.25, 0.3) is 0 Å². The topological polar surface area (TPSA) is 27.6 Å². The van der Waals surface area contributed by atoms with Crippen molar-refractivity contribution in [3.63, 3.8) is 0 Å². The Balaban J connectivity index is 2.89. The third-order valence-corrected chi connectivity index (χ3v) is 2.00. The van der Waals surface area contributed by atoms with Crippen LogP contribution >= 0.6 is 0 Å². The molecule has 1 N–H and O–H groups in total. The molecule has 1 heterocycles. The van der Waals surface area contributed by atoms with E-state index in [4.69, 9.17) is 0 Å². The highest BCUT2D eigenvalue weighted by molar-refractivity contribution is 5.57. The van der Waals surface area contributed by atoms with Gasteiger partial charge >= 0.3 is 12.1 Å². The van der Waals surface area contributed by atoms with Crippen LogP contribution in [-0.4, -0.2) is 35.5 Å². The van der Waals surface area contributed by atoms with Crippen molar-refractivity contribution in [3.8, 4) is 0 Å². The number of nitrogens with one attached hydrogen (secondary N) is 1. The van der Waals surface area contributed by atoms with E-state index in [2.05, 4.69) is 5.10 Å². The lowest BCUT2D eigenvalue weighted by atomic mass is 10.2. The number of rotatable bonds is 2. The fraction of sp³-hybridized carbons (Fsp3) is 0.857. The zero-order valence-corrected chi connectivity index (χ0v) is 8.02. The van der Waals surface area contributed by atoms with E-state index >= 15 is 0 Å². The van der Waals surface area contributed by atoms with Crippen molar-refractivity contribution in [2.24, 2.45) is 5.10 Å². The average molecular weight is 231 g/mol. The van der Waals surface area contributed by atoms with E-state index in [0.29, 0.717) is 0 Å². The van der Waals surface area contributed by atoms with Crippen LogP contribution in [0.2, 0.25) is 0 Å². The highest BCUT2D eigenvalue weighted by atomic mass is 19.4. The third-order valence-electron chi connectivity index (χ3n) is 2.00. The summed E-state index contributed by atoms with van der Waals surface area (Å²) in [4.78, 5) is 0.827. The van der Waals surface area contributed by atoms with Crippen LogP contribution in [-0.2, 0) is 0 Å². The summed E-state index contributed by atoms with van der Waals surface area (Å²) in [7, 11) is 0. The molecule has 0 bridgehead atoms. The SMILES string of the molecule is CC(C)N1C=NNC1C(F)(F)C(F)(F)F. The first-order valence-electron chi connectivity index (χ1n) is 4.18. The summed E-state index contributed by atoms with van der Waals surface area (Å²) >= 11 is 0. The van der Waals surface area contributed by atoms with Gasteiger partial charge in [-0.3, -0.25) is 5.43 Å². The first-order valence-corrected chi connectivity index (χ1v) is 4.18. The van der Waals surface area contributed by atoms with Gasteiger partial charge in [0.05, 0.1) is 0 Å². The summed E-state index contributed by atoms with van der Waals surface area (Å²) in [5, 5.41) is 3.22. The number of hydrazone groups is 1. The summed E-state index contributed by atoms with van der Waals surface area (Å²) in [6.45, 7) is 3.00. The molecule has 1 rings (SSSR count). The molecule has 1 aliphatic rings. The van der Waals surface area contributed by atoms with Crippen molar-refractivity contribution in [3.05, 3.63) is 0 Å². The summed E-state index contributed by atoms with van der Waals surface area (Å²) in [6.07, 6.45) is -6.82. The standard InChI is InChI=1S/C7H10F5N3/c1-4(2)15-3-13-14-5(15)6(8,9)7(10,11)12/h3-5,14H,1-2H3. The molecule has 15 heavy (non-hydrogen) atoms. The average Bonchev–Trinajstić information content (AvgIpc) is 2.48. The van der Waals surface area contributed by atoms with E-state index in [-0.39, 0.29) is 0 Å². The van der Waals surface area contributed by atoms with E-state index in [1.54, 1.807) is 5.43 Å². The molecule has 1 unspecified atom stereocenters. The van der Waals surface area contributed by atoms with Crippen LogP contribution in [0.5, 0.6) is 0 Å². The second kappa shape index (κ2) is 3.49. The zero-order chi connectivity index (χ0) is 11.9. The van der Waals surface area contributed by atoms with Gasteiger partial charge in [-0.1, -0.05) is 0 Å². The molecule has 0 saturated heterocycles. The van der Waals surface area contributed by atoms with Gasteiger partial charge in [0.2, 0.25) is 0 Å². The van der Waals surface area contributed by atoms with Gasteiger partial charge in [0, 0.05) is 6.04 Å². The van der Waals surface area contributed by atoms with Crippen molar-refractivity contribution in [2.45, 2.75) is 38.2 Å². The van der Waals surface area contributed by atoms with Crippen LogP contribution < -0.4 is 5.43 Å². The summed E-state index contributed by atoms with van der Waals surface area (Å²) in [5.41, 5.74) is 1.76. The number of halogens is 5. The normalized spacial score (nSPS) is 22.4. The lowest BCUT2D eigenvalue weighted by Crippen LogP contribution is -2.59. The minimum atomic E-state index is -5.59. The largest absolute Gasteiger partial charge is 0.457 e. The second-order valence-corrected chi connectivity index (χ2v) is 3.44. The molecule has 1 atom stereocenters. The molecular weight excluding hydrogens is 221 g/mol. The van der Waals surface area contributed by atoms with Crippen molar-refractivity contribution >= 4 is 6.34 Å². The number of alkyl halides is 5. The lowest BCUT2D eigenvalue weighted by Gasteiger charge is -2.33. The quantitative estimate of drug-likeness (QED) is 0.733. The minimum Gasteiger partial charge on any atom is -0.332 e. The second-order valence-electron chi connectivity index (χ2n) is 3.44. The monoisotopic (exact) mass is 231 g/mol. The number of nitrogens with zero attached hydrogens (tertiary/aromatic N) is 2. The van der Waals surface area contributed by atoms with Gasteiger partial charge in [0.15, 0.2) is 6.17 Å². The number of hydrogen-bond acceptors (Lipinski definition) is 3. The highest BCUT2D eigenvalue weighted by Crippen LogP contribution is 2.40. The summed E-state index contributed by atoms with van der Waals surface area (Å²) in [5.74, 6) is -4.84. The predicted molar refractivity (Wildman–Crippen MR) is 43.4 cm³/mol. The van der Waals surface area contributed by atoms with E-state index in [9.17, 15) is 22.0 Å². The number of hydrogen-bond donors (Lipinski definition) is 1. The maximum Gasteiger partial charge on any atom is 0.457 e. The molecule has 0 aliphatic carbocycles. The maximum atomic E-state index is 12.9. The Morgan fingerprint density at radius 3 is 2.20 bits per heavy atom. The van der Waals surface area contributed by atoms with Gasteiger partial charge in [0.25, 0.3) is 0 Å². The molecule has 3 nitrogen and oxygen atoms in total. The fourth-order valence-corrected chi connectivity index (χ4v) is 1.16. The van der Waals surface area contributed by atoms with Crippen molar-refractivity contribution in [1.82, 2.24) is 10.3 Å². The Bertz CT molecular complexity index is 260. The van der Waals surface area contributed by atoms with Gasteiger partial charge in [0.1, 0.15) is 6.34 Å². The molecule has 0 saturated carbocycles. The van der Waals surface area contributed by atoms with Crippen LogP contribution in [0.1, 0.15) is 13.8 Å². The Kier molecular flexibility index (Phi) is 2.79. The molecule has 0 fully saturated rings. The van der Waals surface area contributed by atoms with E-state index < -0.39 is 24.3 Å². The van der Waals surface area contributed by atoms with Gasteiger partial charge in [-0.25, -0.2) is 0 Å². The van der Waals surface area contributed by atoms with Gasteiger partial charge in [-0.15, -0.1) is 0 Å². The highest BCUT2D eigenvalue weighted by Gasteiger charge is 2.65. The third kappa shape index (κ3) is 1.98. The van der Waals surface area contributed by atoms with E-state index in [0.717, 1.165) is 11.2 Å². The molecule has 0 amide bonds. The van der Waals surface area contributed by atoms with Crippen LogP contribution in [0.4, 0.5) is 22.0 Å². The summed E-state index contributed by atoms with van der Waals surface area (Å²) < 4.78 is 62.0. The van der Waals surface area contributed by atoms with Crippen molar-refractivity contribution in [1.29, 1.82) is 0 Å². The van der Waals surface area contributed by atoms with Crippen LogP contribution in [0.3, 0.4) is 0 Å². The van der Waals surface area contributed by atoms with E-state index in [1.165, 1.54) is 13.8 Å². The Hall–Kier alpha value is -1.08. The Morgan fingerprint density at radius 1 is 1.27 bits per heavy atom. The lowest BCUT2D eigenvalue weighted by molar-refractivity contribution is -0.302. The molecule has 0 aromatic rings. The molecule has 88 valence electrons. The van der Waals surface area contributed by atoms with Gasteiger partial charge in [-0.05, 0) is 13.8 Å². The molecule has 0 aromatic carbocycles. The fourth-order valence-electron chi connectivity index (χ4n) is 1.16. The molecule has 0 radical (unpaired) electrons. The molecule has 1 aliphatic heterocycles. The minimum absolute atomic E-state index is 0.498. The summed E-state index contributed by atoms with van der Waals surface area (Å²) in [6, 6.07) is -0.498. The Morgan fingerprint density at radius 2 is 1.80 bits per heavy atom. The van der Waals surface area contributed by atoms with Gasteiger partial charge in [-0.2, -0.15) is 27.1 Å². The van der Waals surface area contributed by atoms with Crippen LogP contribution in [0, 0.1) is 0 Å². The predicted octanol–water partition coefficient (Wildman–Crippen LogP) is 1.77. The van der Waals surface area contributed by atoms with Crippen molar-refractivity contribution in [2.75, 3.05) is 0 Å². The van der Waals surface area contributed by atoms with E-state index in [1.807, 2.05) is 0 Å². The molecule has 8 heteroatoms. The van der Waals surface area contributed by atoms with Crippen LogP contribution in [0.15, 0.2) is 5.10 Å². The Labute approximate surface area is 82.9 Å².